The zero-order valence-electron chi connectivity index (χ0n) is 10.8. The molecule has 0 saturated carbocycles. The maximum atomic E-state index is 12.0. The van der Waals surface area contributed by atoms with E-state index in [-0.39, 0.29) is 23.4 Å². The number of pyridine rings is 1. The van der Waals surface area contributed by atoms with Crippen LogP contribution in [0.4, 0.5) is 5.95 Å². The second-order valence-electron chi connectivity index (χ2n) is 3.58. The topological polar surface area (TPSA) is 86.2 Å². The fraction of sp³-hybridized carbons (Fsp3) is 0.167. The number of aromatic nitrogens is 3. The molecule has 8 heteroatoms. The number of methoxy groups -OCH3 is 2. The third-order valence-electron chi connectivity index (χ3n) is 2.27. The molecule has 0 atom stereocenters. The number of carbonyl (C=O) groups excluding carboxylic acids is 1. The van der Waals surface area contributed by atoms with E-state index in [9.17, 15) is 4.79 Å². The summed E-state index contributed by atoms with van der Waals surface area (Å²) in [7, 11) is 2.92. The number of rotatable bonds is 4. The number of nitrogens with one attached hydrogen (secondary N) is 1. The third-order valence-corrected chi connectivity index (χ3v) is 2.71. The van der Waals surface area contributed by atoms with Gasteiger partial charge in [-0.1, -0.05) is 6.07 Å². The Morgan fingerprint density at radius 1 is 1.15 bits per heavy atom. The quantitative estimate of drug-likeness (QED) is 0.857. The van der Waals surface area contributed by atoms with Gasteiger partial charge in [0.2, 0.25) is 17.7 Å². The first kappa shape index (κ1) is 14.2. The maximum Gasteiger partial charge on any atom is 0.276 e. The molecule has 0 saturated heterocycles. The van der Waals surface area contributed by atoms with Crippen LogP contribution in [0.2, 0.25) is 0 Å². The summed E-state index contributed by atoms with van der Waals surface area (Å²) in [6, 6.07) is 6.52. The first-order valence-corrected chi connectivity index (χ1v) is 6.32. The zero-order valence-corrected chi connectivity index (χ0v) is 12.3. The van der Waals surface area contributed by atoms with Crippen LogP contribution in [0, 0.1) is 0 Å². The molecule has 2 aromatic heterocycles. The highest BCUT2D eigenvalue weighted by Gasteiger charge is 2.12. The van der Waals surface area contributed by atoms with Gasteiger partial charge in [-0.05, 0) is 28.1 Å². The highest BCUT2D eigenvalue weighted by Crippen LogP contribution is 2.17. The summed E-state index contributed by atoms with van der Waals surface area (Å²) in [5, 5.41) is 2.53. The molecule has 1 N–H and O–H groups in total. The average molecular weight is 339 g/mol. The Morgan fingerprint density at radius 3 is 2.35 bits per heavy atom. The summed E-state index contributed by atoms with van der Waals surface area (Å²) in [5.41, 5.74) is 0.241. The van der Waals surface area contributed by atoms with Crippen LogP contribution in [0.15, 0.2) is 28.9 Å². The molecule has 2 heterocycles. The van der Waals surface area contributed by atoms with Crippen molar-refractivity contribution in [3.05, 3.63) is 34.6 Å². The van der Waals surface area contributed by atoms with Gasteiger partial charge in [-0.3, -0.25) is 10.1 Å². The summed E-state index contributed by atoms with van der Waals surface area (Å²) in [6.07, 6.45) is 0. The van der Waals surface area contributed by atoms with E-state index < -0.39 is 5.91 Å². The number of ether oxygens (including phenoxy) is 2. The third kappa shape index (κ3) is 3.41. The van der Waals surface area contributed by atoms with E-state index in [1.807, 2.05) is 0 Å². The van der Waals surface area contributed by atoms with E-state index in [0.717, 1.165) is 0 Å². The summed E-state index contributed by atoms with van der Waals surface area (Å²) in [5.74, 6) is 0.221. The normalized spacial score (nSPS) is 9.95. The molecule has 0 unspecified atom stereocenters. The number of hydrogen-bond donors (Lipinski definition) is 1. The Bertz CT molecular complexity index is 614. The SMILES string of the molecule is COc1cc(OC)nc(NC(=O)c2cccc(Br)n2)n1. The number of amides is 1. The van der Waals surface area contributed by atoms with Crippen molar-refractivity contribution in [2.45, 2.75) is 0 Å². The van der Waals surface area contributed by atoms with Gasteiger partial charge in [-0.25, -0.2) is 4.98 Å². The smallest absolute Gasteiger partial charge is 0.276 e. The van der Waals surface area contributed by atoms with Crippen molar-refractivity contribution in [1.82, 2.24) is 15.0 Å². The first-order valence-electron chi connectivity index (χ1n) is 5.53. The molecule has 7 nitrogen and oxygen atoms in total. The molecule has 1 amide bonds. The lowest BCUT2D eigenvalue weighted by Crippen LogP contribution is -2.16. The summed E-state index contributed by atoms with van der Waals surface area (Å²) >= 11 is 3.20. The molecule has 0 bridgehead atoms. The van der Waals surface area contributed by atoms with Crippen molar-refractivity contribution in [3.8, 4) is 11.8 Å². The van der Waals surface area contributed by atoms with Crippen LogP contribution in [-0.2, 0) is 0 Å². The fourth-order valence-corrected chi connectivity index (χ4v) is 1.71. The van der Waals surface area contributed by atoms with E-state index in [2.05, 4.69) is 36.2 Å². The van der Waals surface area contributed by atoms with Gasteiger partial charge in [0.15, 0.2) is 0 Å². The van der Waals surface area contributed by atoms with Crippen LogP contribution in [0.3, 0.4) is 0 Å². The van der Waals surface area contributed by atoms with Crippen LogP contribution in [0.25, 0.3) is 0 Å². The minimum atomic E-state index is -0.429. The molecule has 0 fully saturated rings. The lowest BCUT2D eigenvalue weighted by Gasteiger charge is -2.07. The van der Waals surface area contributed by atoms with Crippen molar-refractivity contribution in [2.75, 3.05) is 19.5 Å². The second kappa shape index (κ2) is 6.29. The fourth-order valence-electron chi connectivity index (χ4n) is 1.37. The van der Waals surface area contributed by atoms with Crippen molar-refractivity contribution in [3.63, 3.8) is 0 Å². The molecule has 0 aliphatic carbocycles. The Hall–Kier alpha value is -2.22. The van der Waals surface area contributed by atoms with Gasteiger partial charge in [-0.2, -0.15) is 9.97 Å². The molecule has 2 rings (SSSR count). The molecule has 0 aliphatic heterocycles. The second-order valence-corrected chi connectivity index (χ2v) is 4.39. The Labute approximate surface area is 123 Å². The largest absolute Gasteiger partial charge is 0.481 e. The first-order chi connectivity index (χ1) is 9.62. The van der Waals surface area contributed by atoms with E-state index in [0.29, 0.717) is 4.60 Å². The Morgan fingerprint density at radius 2 is 1.80 bits per heavy atom. The lowest BCUT2D eigenvalue weighted by atomic mass is 10.3. The van der Waals surface area contributed by atoms with Gasteiger partial charge in [0, 0.05) is 0 Å². The minimum Gasteiger partial charge on any atom is -0.481 e. The van der Waals surface area contributed by atoms with E-state index in [1.165, 1.54) is 20.3 Å². The summed E-state index contributed by atoms with van der Waals surface area (Å²) < 4.78 is 10.6. The van der Waals surface area contributed by atoms with Gasteiger partial charge in [0.1, 0.15) is 10.3 Å². The van der Waals surface area contributed by atoms with E-state index >= 15 is 0 Å². The Kier molecular flexibility index (Phi) is 4.46. The molecule has 0 radical (unpaired) electrons. The van der Waals surface area contributed by atoms with Gasteiger partial charge in [-0.15, -0.1) is 0 Å². The number of nitrogens with zero attached hydrogens (tertiary/aromatic N) is 3. The standard InChI is InChI=1S/C12H11BrN4O3/c1-19-9-6-10(20-2)16-12(15-9)17-11(18)7-4-3-5-8(13)14-7/h3-6H,1-2H3,(H,15,16,17,18). The molecule has 104 valence electrons. The Balaban J connectivity index is 2.23. The van der Waals surface area contributed by atoms with Crippen molar-refractivity contribution < 1.29 is 14.3 Å². The average Bonchev–Trinajstić information content (AvgIpc) is 2.46. The molecule has 2 aromatic rings. The van der Waals surface area contributed by atoms with Gasteiger partial charge >= 0.3 is 0 Å². The maximum absolute atomic E-state index is 12.0. The number of carbonyl (C=O) groups is 1. The van der Waals surface area contributed by atoms with Crippen LogP contribution in [-0.4, -0.2) is 35.1 Å². The molecule has 0 spiro atoms. The molecule has 0 aliphatic rings. The summed E-state index contributed by atoms with van der Waals surface area (Å²) in [4.78, 5) is 24.1. The molecule has 20 heavy (non-hydrogen) atoms. The molecular formula is C12H11BrN4O3. The predicted molar refractivity (Wildman–Crippen MR) is 75.0 cm³/mol. The number of halogens is 1. The molecular weight excluding hydrogens is 328 g/mol. The monoisotopic (exact) mass is 338 g/mol. The van der Waals surface area contributed by atoms with Crippen LogP contribution in [0.5, 0.6) is 11.8 Å². The van der Waals surface area contributed by atoms with Gasteiger partial charge < -0.3 is 9.47 Å². The van der Waals surface area contributed by atoms with Crippen molar-refractivity contribution >= 4 is 27.8 Å². The van der Waals surface area contributed by atoms with E-state index in [4.69, 9.17) is 9.47 Å². The number of hydrogen-bond acceptors (Lipinski definition) is 6. The van der Waals surface area contributed by atoms with Crippen molar-refractivity contribution in [2.24, 2.45) is 0 Å². The van der Waals surface area contributed by atoms with Crippen LogP contribution >= 0.6 is 15.9 Å². The summed E-state index contributed by atoms with van der Waals surface area (Å²) in [6.45, 7) is 0. The van der Waals surface area contributed by atoms with Crippen LogP contribution in [0.1, 0.15) is 10.5 Å². The van der Waals surface area contributed by atoms with Gasteiger partial charge in [0.25, 0.3) is 5.91 Å². The minimum absolute atomic E-state index is 0.0768. The highest BCUT2D eigenvalue weighted by molar-refractivity contribution is 9.10. The van der Waals surface area contributed by atoms with E-state index in [1.54, 1.807) is 18.2 Å². The highest BCUT2D eigenvalue weighted by atomic mass is 79.9. The lowest BCUT2D eigenvalue weighted by molar-refractivity contribution is 0.102. The van der Waals surface area contributed by atoms with Crippen molar-refractivity contribution in [1.29, 1.82) is 0 Å². The van der Waals surface area contributed by atoms with Gasteiger partial charge in [0.05, 0.1) is 20.3 Å². The molecule has 0 aromatic carbocycles. The number of anilines is 1. The zero-order chi connectivity index (χ0) is 14.5. The van der Waals surface area contributed by atoms with Crippen LogP contribution < -0.4 is 14.8 Å². The predicted octanol–water partition coefficient (Wildman–Crippen LogP) is 1.90.